The Kier molecular flexibility index (Phi) is 4.39. The van der Waals surface area contributed by atoms with Crippen LogP contribution in [0.2, 0.25) is 0 Å². The summed E-state index contributed by atoms with van der Waals surface area (Å²) in [6.45, 7) is 0. The van der Waals surface area contributed by atoms with E-state index < -0.39 is 0 Å². The van der Waals surface area contributed by atoms with E-state index in [-0.39, 0.29) is 6.04 Å². The summed E-state index contributed by atoms with van der Waals surface area (Å²) in [5.41, 5.74) is 5.29. The average Bonchev–Trinajstić information content (AvgIpc) is 3.63. The van der Waals surface area contributed by atoms with Gasteiger partial charge in [0.25, 0.3) is 0 Å². The van der Waals surface area contributed by atoms with Crippen LogP contribution in [0.5, 0.6) is 0 Å². The van der Waals surface area contributed by atoms with E-state index in [9.17, 15) is 0 Å². The number of fused-ring (bicyclic) bond motifs is 1. The first-order chi connectivity index (χ1) is 15.9. The summed E-state index contributed by atoms with van der Waals surface area (Å²) in [7, 11) is 0. The van der Waals surface area contributed by atoms with Crippen LogP contribution in [0.15, 0.2) is 118 Å². The monoisotopic (exact) mass is 418 g/mol. The van der Waals surface area contributed by atoms with Gasteiger partial charge in [-0.3, -0.25) is 4.99 Å². The minimum Gasteiger partial charge on any atom is -0.448 e. The van der Waals surface area contributed by atoms with Crippen molar-refractivity contribution in [2.45, 2.75) is 6.04 Å². The lowest BCUT2D eigenvalue weighted by Crippen LogP contribution is -2.24. The van der Waals surface area contributed by atoms with Crippen molar-refractivity contribution in [1.29, 1.82) is 0 Å². The highest BCUT2D eigenvalue weighted by molar-refractivity contribution is 6.15. The Balaban J connectivity index is 1.49. The maximum Gasteiger partial charge on any atom is 0.207 e. The van der Waals surface area contributed by atoms with Gasteiger partial charge in [-0.2, -0.15) is 0 Å². The zero-order valence-electron chi connectivity index (χ0n) is 17.0. The molecule has 1 atom stereocenters. The second-order valence-corrected chi connectivity index (χ2v) is 7.43. The molecule has 1 aliphatic rings. The SMILES string of the molecule is c1cc(-c2cncnc2)cc(C2N=C(N(c3ccco3)c3ccco3)c3ccccc32)c1. The van der Waals surface area contributed by atoms with Crippen LogP contribution in [0, 0.1) is 0 Å². The third-order valence-corrected chi connectivity index (χ3v) is 5.51. The highest BCUT2D eigenvalue weighted by atomic mass is 16.4. The first kappa shape index (κ1) is 18.3. The van der Waals surface area contributed by atoms with Crippen LogP contribution in [-0.2, 0) is 0 Å². The molecule has 1 unspecified atom stereocenters. The Labute approximate surface area is 184 Å². The predicted octanol–water partition coefficient (Wildman–Crippen LogP) is 6.02. The van der Waals surface area contributed by atoms with Crippen molar-refractivity contribution >= 4 is 17.6 Å². The van der Waals surface area contributed by atoms with Gasteiger partial charge in [-0.05, 0) is 34.9 Å². The Morgan fingerprint density at radius 2 is 1.47 bits per heavy atom. The van der Waals surface area contributed by atoms with Crippen LogP contribution in [-0.4, -0.2) is 15.8 Å². The molecule has 0 fully saturated rings. The molecule has 0 bridgehead atoms. The van der Waals surface area contributed by atoms with E-state index in [1.807, 2.05) is 59.8 Å². The third-order valence-electron chi connectivity index (χ3n) is 5.51. The number of amidine groups is 1. The third kappa shape index (κ3) is 3.09. The molecule has 32 heavy (non-hydrogen) atoms. The number of anilines is 2. The molecule has 0 N–H and O–H groups in total. The fourth-order valence-corrected chi connectivity index (χ4v) is 4.08. The molecule has 0 radical (unpaired) electrons. The summed E-state index contributed by atoms with van der Waals surface area (Å²) < 4.78 is 11.5. The quantitative estimate of drug-likeness (QED) is 0.357. The Hall–Kier alpha value is -4.45. The molecule has 5 aromatic rings. The predicted molar refractivity (Wildman–Crippen MR) is 122 cm³/mol. The highest BCUT2D eigenvalue weighted by Crippen LogP contribution is 2.40. The minimum atomic E-state index is -0.154. The number of aromatic nitrogens is 2. The molecule has 3 aromatic heterocycles. The lowest BCUT2D eigenvalue weighted by atomic mass is 9.95. The Morgan fingerprint density at radius 3 is 2.19 bits per heavy atom. The van der Waals surface area contributed by atoms with E-state index in [0.717, 1.165) is 33.7 Å². The van der Waals surface area contributed by atoms with E-state index in [2.05, 4.69) is 40.3 Å². The number of hydrogen-bond donors (Lipinski definition) is 0. The van der Waals surface area contributed by atoms with Gasteiger partial charge >= 0.3 is 0 Å². The number of rotatable bonds is 4. The van der Waals surface area contributed by atoms with Crippen molar-refractivity contribution in [2.24, 2.45) is 4.99 Å². The molecule has 0 aliphatic carbocycles. The van der Waals surface area contributed by atoms with Crippen molar-refractivity contribution in [1.82, 2.24) is 9.97 Å². The van der Waals surface area contributed by atoms with Crippen molar-refractivity contribution in [3.63, 3.8) is 0 Å². The highest BCUT2D eigenvalue weighted by Gasteiger charge is 2.32. The van der Waals surface area contributed by atoms with Crippen molar-refractivity contribution < 1.29 is 8.83 Å². The maximum absolute atomic E-state index is 5.74. The van der Waals surface area contributed by atoms with E-state index in [1.165, 1.54) is 6.33 Å². The number of benzene rings is 2. The summed E-state index contributed by atoms with van der Waals surface area (Å²) in [5.74, 6) is 2.07. The molecule has 0 saturated carbocycles. The Bertz CT molecular complexity index is 1340. The molecular formula is C26H18N4O2. The molecule has 154 valence electrons. The summed E-state index contributed by atoms with van der Waals surface area (Å²) in [6, 6.07) is 24.0. The van der Waals surface area contributed by atoms with Crippen molar-refractivity contribution in [3.8, 4) is 11.1 Å². The zero-order chi connectivity index (χ0) is 21.3. The molecule has 6 heteroatoms. The van der Waals surface area contributed by atoms with Gasteiger partial charge in [0.2, 0.25) is 11.8 Å². The number of nitrogens with zero attached hydrogens (tertiary/aromatic N) is 4. The van der Waals surface area contributed by atoms with E-state index in [4.69, 9.17) is 13.8 Å². The maximum atomic E-state index is 5.74. The van der Waals surface area contributed by atoms with E-state index in [1.54, 1.807) is 12.5 Å². The van der Waals surface area contributed by atoms with Gasteiger partial charge in [0, 0.05) is 35.7 Å². The minimum absolute atomic E-state index is 0.154. The van der Waals surface area contributed by atoms with E-state index in [0.29, 0.717) is 11.8 Å². The lowest BCUT2D eigenvalue weighted by molar-refractivity contribution is 0.543. The Morgan fingerprint density at radius 1 is 0.719 bits per heavy atom. The summed E-state index contributed by atoms with van der Waals surface area (Å²) in [5, 5.41) is 0. The van der Waals surface area contributed by atoms with Crippen LogP contribution in [0.1, 0.15) is 22.7 Å². The molecular weight excluding hydrogens is 400 g/mol. The molecule has 2 aromatic carbocycles. The molecule has 6 nitrogen and oxygen atoms in total. The fraction of sp³-hybridized carbons (Fsp3) is 0.0385. The number of furan rings is 2. The fourth-order valence-electron chi connectivity index (χ4n) is 4.08. The summed E-state index contributed by atoms with van der Waals surface area (Å²) in [4.78, 5) is 15.4. The van der Waals surface area contributed by atoms with Gasteiger partial charge < -0.3 is 8.83 Å². The first-order valence-electron chi connectivity index (χ1n) is 10.3. The normalized spacial score (nSPS) is 14.8. The number of hydrogen-bond acceptors (Lipinski definition) is 6. The van der Waals surface area contributed by atoms with Gasteiger partial charge in [-0.1, -0.05) is 42.5 Å². The summed E-state index contributed by atoms with van der Waals surface area (Å²) >= 11 is 0. The molecule has 0 spiro atoms. The number of aliphatic imine (C=N–C) groups is 1. The smallest absolute Gasteiger partial charge is 0.207 e. The second-order valence-electron chi connectivity index (χ2n) is 7.43. The van der Waals surface area contributed by atoms with Gasteiger partial charge in [0.15, 0.2) is 0 Å². The largest absolute Gasteiger partial charge is 0.448 e. The standard InChI is InChI=1S/C26H18N4O2/c1-2-9-22-21(8-1)25(19-7-3-6-18(14-19)20-15-27-17-28-16-20)29-26(22)30(23-10-4-12-31-23)24-11-5-13-32-24/h1-17,25H. The van der Waals surface area contributed by atoms with Gasteiger partial charge in [0.1, 0.15) is 18.2 Å². The van der Waals surface area contributed by atoms with Gasteiger partial charge in [-0.15, -0.1) is 0 Å². The van der Waals surface area contributed by atoms with Crippen molar-refractivity contribution in [3.05, 3.63) is 121 Å². The topological polar surface area (TPSA) is 67.7 Å². The van der Waals surface area contributed by atoms with Crippen LogP contribution in [0.3, 0.4) is 0 Å². The lowest BCUT2D eigenvalue weighted by Gasteiger charge is -2.19. The molecule has 0 saturated heterocycles. The van der Waals surface area contributed by atoms with Crippen LogP contribution < -0.4 is 4.90 Å². The van der Waals surface area contributed by atoms with Crippen LogP contribution >= 0.6 is 0 Å². The molecule has 6 rings (SSSR count). The van der Waals surface area contributed by atoms with Crippen LogP contribution in [0.25, 0.3) is 11.1 Å². The second kappa shape index (κ2) is 7.67. The zero-order valence-corrected chi connectivity index (χ0v) is 17.0. The van der Waals surface area contributed by atoms with Gasteiger partial charge in [-0.25, -0.2) is 14.9 Å². The van der Waals surface area contributed by atoms with Crippen LogP contribution in [0.4, 0.5) is 11.8 Å². The van der Waals surface area contributed by atoms with Crippen molar-refractivity contribution in [2.75, 3.05) is 4.90 Å². The molecule has 4 heterocycles. The molecule has 0 amide bonds. The summed E-state index contributed by atoms with van der Waals surface area (Å²) in [6.07, 6.45) is 8.47. The average molecular weight is 418 g/mol. The van der Waals surface area contributed by atoms with E-state index >= 15 is 0 Å². The van der Waals surface area contributed by atoms with Gasteiger partial charge in [0.05, 0.1) is 12.5 Å². The first-order valence-corrected chi connectivity index (χ1v) is 10.3. The molecule has 1 aliphatic heterocycles.